The molecule has 1 saturated heterocycles. The van der Waals surface area contributed by atoms with Crippen molar-refractivity contribution < 1.29 is 9.53 Å². The van der Waals surface area contributed by atoms with Crippen LogP contribution in [-0.4, -0.2) is 46.4 Å². The zero-order valence-corrected chi connectivity index (χ0v) is 14.3. The predicted octanol–water partition coefficient (Wildman–Crippen LogP) is 3.09. The molecule has 0 aromatic carbocycles. The molecule has 1 fully saturated rings. The average Bonchev–Trinajstić information content (AvgIpc) is 2.74. The monoisotopic (exact) mass is 308 g/mol. The third kappa shape index (κ3) is 4.39. The number of amides is 1. The highest BCUT2D eigenvalue weighted by atomic mass is 16.6. The van der Waals surface area contributed by atoms with E-state index in [1.165, 1.54) is 0 Å². The summed E-state index contributed by atoms with van der Waals surface area (Å²) in [5.41, 5.74) is 2.68. The number of nitrogens with one attached hydrogen (secondary N) is 2. The van der Waals surface area contributed by atoms with Crippen LogP contribution in [0.1, 0.15) is 45.0 Å². The maximum atomic E-state index is 12.2. The molecule has 1 aromatic rings. The van der Waals surface area contributed by atoms with Gasteiger partial charge in [0.2, 0.25) is 0 Å². The zero-order chi connectivity index (χ0) is 16.3. The molecular weight excluding hydrogens is 280 g/mol. The van der Waals surface area contributed by atoms with Crippen LogP contribution in [0.4, 0.5) is 10.5 Å². The van der Waals surface area contributed by atoms with Crippen molar-refractivity contribution in [1.29, 1.82) is 0 Å². The van der Waals surface area contributed by atoms with Crippen molar-refractivity contribution in [1.82, 2.24) is 15.1 Å². The molecule has 0 spiro atoms. The van der Waals surface area contributed by atoms with Crippen molar-refractivity contribution in [2.24, 2.45) is 5.92 Å². The normalized spacial score (nSPS) is 19.1. The first-order chi connectivity index (χ1) is 10.3. The lowest BCUT2D eigenvalue weighted by Crippen LogP contribution is -2.44. The number of aromatic amines is 1. The summed E-state index contributed by atoms with van der Waals surface area (Å²) in [6, 6.07) is 0. The maximum absolute atomic E-state index is 12.2. The number of hydrogen-bond acceptors (Lipinski definition) is 4. The first-order valence-electron chi connectivity index (χ1n) is 7.99. The Hall–Kier alpha value is -1.72. The number of aromatic nitrogens is 2. The quantitative estimate of drug-likeness (QED) is 0.900. The summed E-state index contributed by atoms with van der Waals surface area (Å²) in [5, 5.41) is 10.6. The van der Waals surface area contributed by atoms with Gasteiger partial charge in [-0.15, -0.1) is 0 Å². The van der Waals surface area contributed by atoms with E-state index in [2.05, 4.69) is 15.5 Å². The first-order valence-corrected chi connectivity index (χ1v) is 7.99. The van der Waals surface area contributed by atoms with Crippen LogP contribution in [-0.2, 0) is 4.74 Å². The number of ether oxygens (including phenoxy) is 1. The van der Waals surface area contributed by atoms with Gasteiger partial charge in [-0.05, 0) is 53.4 Å². The second kappa shape index (κ2) is 6.58. The molecule has 2 rings (SSSR count). The van der Waals surface area contributed by atoms with Gasteiger partial charge in [-0.1, -0.05) is 0 Å². The zero-order valence-electron chi connectivity index (χ0n) is 14.3. The Kier molecular flexibility index (Phi) is 4.98. The van der Waals surface area contributed by atoms with Gasteiger partial charge in [0.15, 0.2) is 0 Å². The summed E-state index contributed by atoms with van der Waals surface area (Å²) in [5.74, 6) is 0.440. The van der Waals surface area contributed by atoms with E-state index in [-0.39, 0.29) is 6.09 Å². The molecule has 0 saturated carbocycles. The molecule has 6 heteroatoms. The van der Waals surface area contributed by atoms with Crippen LogP contribution in [0.5, 0.6) is 0 Å². The van der Waals surface area contributed by atoms with Gasteiger partial charge in [0.05, 0.1) is 17.1 Å². The number of aryl methyl sites for hydroxylation is 2. The Balaban J connectivity index is 1.87. The van der Waals surface area contributed by atoms with E-state index in [4.69, 9.17) is 4.74 Å². The number of nitrogens with zero attached hydrogens (tertiary/aromatic N) is 2. The fraction of sp³-hybridized carbons (Fsp3) is 0.750. The lowest BCUT2D eigenvalue weighted by atomic mass is 9.98. The molecule has 0 aliphatic carbocycles. The molecule has 2 heterocycles. The average molecular weight is 308 g/mol. The number of likely N-dealkylation sites (tertiary alicyclic amines) is 1. The van der Waals surface area contributed by atoms with Crippen LogP contribution in [0, 0.1) is 19.8 Å². The van der Waals surface area contributed by atoms with Gasteiger partial charge in [-0.25, -0.2) is 4.79 Å². The molecule has 1 amide bonds. The molecule has 1 aliphatic heterocycles. The van der Waals surface area contributed by atoms with E-state index >= 15 is 0 Å². The molecule has 1 aromatic heterocycles. The number of anilines is 1. The molecule has 1 unspecified atom stereocenters. The SMILES string of the molecule is Cc1n[nH]c(C)c1NCC1CCCN(C(=O)OC(C)(C)C)C1. The topological polar surface area (TPSA) is 70.2 Å². The minimum atomic E-state index is -0.437. The molecule has 6 nitrogen and oxygen atoms in total. The fourth-order valence-corrected chi connectivity index (χ4v) is 2.78. The molecule has 1 aliphatic rings. The van der Waals surface area contributed by atoms with Crippen molar-refractivity contribution in [2.45, 2.75) is 53.1 Å². The van der Waals surface area contributed by atoms with E-state index in [0.29, 0.717) is 5.92 Å². The van der Waals surface area contributed by atoms with Gasteiger partial charge in [0, 0.05) is 19.6 Å². The van der Waals surface area contributed by atoms with Crippen LogP contribution in [0.25, 0.3) is 0 Å². The number of H-pyrrole nitrogens is 1. The van der Waals surface area contributed by atoms with E-state index in [0.717, 1.165) is 49.6 Å². The Morgan fingerprint density at radius 3 is 2.77 bits per heavy atom. The summed E-state index contributed by atoms with van der Waals surface area (Å²) in [6.07, 6.45) is 1.95. The molecule has 1 atom stereocenters. The van der Waals surface area contributed by atoms with Crippen molar-refractivity contribution in [2.75, 3.05) is 25.0 Å². The van der Waals surface area contributed by atoms with E-state index in [1.54, 1.807) is 0 Å². The van der Waals surface area contributed by atoms with Crippen LogP contribution >= 0.6 is 0 Å². The van der Waals surface area contributed by atoms with Crippen molar-refractivity contribution in [3.63, 3.8) is 0 Å². The van der Waals surface area contributed by atoms with Gasteiger partial charge < -0.3 is 15.0 Å². The maximum Gasteiger partial charge on any atom is 0.410 e. The molecule has 124 valence electrons. The number of hydrogen-bond donors (Lipinski definition) is 2. The molecule has 2 N–H and O–H groups in total. The van der Waals surface area contributed by atoms with Gasteiger partial charge in [0.1, 0.15) is 5.60 Å². The number of carbonyl (C=O) groups excluding carboxylic acids is 1. The number of piperidine rings is 1. The van der Waals surface area contributed by atoms with Crippen LogP contribution in [0.3, 0.4) is 0 Å². The summed E-state index contributed by atoms with van der Waals surface area (Å²) in [6.45, 7) is 12.1. The minimum Gasteiger partial charge on any atom is -0.444 e. The second-order valence-corrected chi connectivity index (χ2v) is 7.12. The summed E-state index contributed by atoms with van der Waals surface area (Å²) < 4.78 is 5.47. The third-order valence-corrected chi connectivity index (χ3v) is 3.87. The standard InChI is InChI=1S/C16H28N4O2/c1-11-14(12(2)19-18-11)17-9-13-7-6-8-20(10-13)15(21)22-16(3,4)5/h13,17H,6-10H2,1-5H3,(H,18,19). The molecule has 22 heavy (non-hydrogen) atoms. The summed E-state index contributed by atoms with van der Waals surface area (Å²) >= 11 is 0. The number of rotatable bonds is 3. The van der Waals surface area contributed by atoms with Crippen molar-refractivity contribution in [3.05, 3.63) is 11.4 Å². The summed E-state index contributed by atoms with van der Waals surface area (Å²) in [4.78, 5) is 14.0. The van der Waals surface area contributed by atoms with Crippen molar-refractivity contribution in [3.8, 4) is 0 Å². The highest BCUT2D eigenvalue weighted by molar-refractivity contribution is 5.68. The Morgan fingerprint density at radius 1 is 1.45 bits per heavy atom. The van der Waals surface area contributed by atoms with Gasteiger partial charge in [-0.2, -0.15) is 5.10 Å². The first kappa shape index (κ1) is 16.6. The largest absolute Gasteiger partial charge is 0.444 e. The minimum absolute atomic E-state index is 0.201. The van der Waals surface area contributed by atoms with Gasteiger partial charge in [-0.3, -0.25) is 5.10 Å². The summed E-state index contributed by atoms with van der Waals surface area (Å²) in [7, 11) is 0. The smallest absolute Gasteiger partial charge is 0.410 e. The highest BCUT2D eigenvalue weighted by Gasteiger charge is 2.27. The Morgan fingerprint density at radius 2 is 2.18 bits per heavy atom. The fourth-order valence-electron chi connectivity index (χ4n) is 2.78. The third-order valence-electron chi connectivity index (χ3n) is 3.87. The second-order valence-electron chi connectivity index (χ2n) is 7.12. The van der Waals surface area contributed by atoms with Crippen LogP contribution in [0.15, 0.2) is 0 Å². The van der Waals surface area contributed by atoms with E-state index < -0.39 is 5.60 Å². The van der Waals surface area contributed by atoms with E-state index in [9.17, 15) is 4.79 Å². The van der Waals surface area contributed by atoms with Gasteiger partial charge in [0.25, 0.3) is 0 Å². The van der Waals surface area contributed by atoms with Crippen LogP contribution in [0.2, 0.25) is 0 Å². The molecule has 0 radical (unpaired) electrons. The van der Waals surface area contributed by atoms with E-state index in [1.807, 2.05) is 39.5 Å². The Labute approximate surface area is 132 Å². The highest BCUT2D eigenvalue weighted by Crippen LogP contribution is 2.22. The molecule has 0 bridgehead atoms. The lowest BCUT2D eigenvalue weighted by molar-refractivity contribution is 0.0172. The predicted molar refractivity (Wildman–Crippen MR) is 87.1 cm³/mol. The van der Waals surface area contributed by atoms with Crippen LogP contribution < -0.4 is 5.32 Å². The number of carbonyl (C=O) groups is 1. The molecular formula is C16H28N4O2. The lowest BCUT2D eigenvalue weighted by Gasteiger charge is -2.34. The van der Waals surface area contributed by atoms with Gasteiger partial charge >= 0.3 is 6.09 Å². The Bertz CT molecular complexity index is 499. The van der Waals surface area contributed by atoms with Crippen molar-refractivity contribution >= 4 is 11.8 Å².